The fourth-order valence-electron chi connectivity index (χ4n) is 2.27. The van der Waals surface area contributed by atoms with Gasteiger partial charge in [0.1, 0.15) is 5.56 Å². The van der Waals surface area contributed by atoms with Gasteiger partial charge < -0.3 is 9.30 Å². The van der Waals surface area contributed by atoms with Crippen LogP contribution in [0.25, 0.3) is 11.5 Å². The van der Waals surface area contributed by atoms with Crippen molar-refractivity contribution in [1.82, 2.24) is 14.3 Å². The van der Waals surface area contributed by atoms with Gasteiger partial charge in [0.25, 0.3) is 0 Å². The number of aryl methyl sites for hydroxylation is 1. The Balaban J connectivity index is 2.22. The summed E-state index contributed by atoms with van der Waals surface area (Å²) in [6.45, 7) is 2.02. The Bertz CT molecular complexity index is 773. The van der Waals surface area contributed by atoms with Gasteiger partial charge >= 0.3 is 5.97 Å². The second-order valence-corrected chi connectivity index (χ2v) is 4.71. The largest absolute Gasteiger partial charge is 0.465 e. The Morgan fingerprint density at radius 2 is 1.95 bits per heavy atom. The molecule has 0 bridgehead atoms. The Hall–Kier alpha value is -2.82. The van der Waals surface area contributed by atoms with Gasteiger partial charge in [0.2, 0.25) is 0 Å². The Morgan fingerprint density at radius 3 is 2.62 bits per heavy atom. The molecule has 106 valence electrons. The van der Waals surface area contributed by atoms with Crippen molar-refractivity contribution < 1.29 is 9.53 Å². The molecule has 0 N–H and O–H groups in total. The van der Waals surface area contributed by atoms with Gasteiger partial charge in [-0.05, 0) is 36.8 Å². The zero-order valence-electron chi connectivity index (χ0n) is 11.9. The van der Waals surface area contributed by atoms with Crippen LogP contribution < -0.4 is 0 Å². The fraction of sp³-hybridized carbons (Fsp3) is 0.125. The molecule has 1 aromatic carbocycles. The first-order valence-corrected chi connectivity index (χ1v) is 6.57. The van der Waals surface area contributed by atoms with Gasteiger partial charge in [-0.15, -0.1) is 0 Å². The van der Waals surface area contributed by atoms with Crippen molar-refractivity contribution in [3.05, 3.63) is 66.1 Å². The number of benzene rings is 1. The summed E-state index contributed by atoms with van der Waals surface area (Å²) < 4.78 is 8.43. The second-order valence-electron chi connectivity index (χ2n) is 4.71. The van der Waals surface area contributed by atoms with Crippen molar-refractivity contribution in [3.63, 3.8) is 0 Å². The molecule has 3 aromatic rings. The lowest BCUT2D eigenvalue weighted by molar-refractivity contribution is 0.0600. The van der Waals surface area contributed by atoms with E-state index in [1.165, 1.54) is 13.3 Å². The summed E-state index contributed by atoms with van der Waals surface area (Å²) in [5.41, 5.74) is 2.45. The van der Waals surface area contributed by atoms with E-state index in [1.54, 1.807) is 4.68 Å². The number of aromatic nitrogens is 3. The SMILES string of the molecule is COC(=O)c1cnn(-c2cccc(C)c2)c1-n1cccc1. The molecule has 0 unspecified atom stereocenters. The molecule has 0 atom stereocenters. The van der Waals surface area contributed by atoms with Crippen LogP contribution in [0.1, 0.15) is 15.9 Å². The topological polar surface area (TPSA) is 49.0 Å². The molecule has 0 saturated carbocycles. The van der Waals surface area contributed by atoms with Gasteiger partial charge in [-0.1, -0.05) is 12.1 Å². The minimum Gasteiger partial charge on any atom is -0.465 e. The molecule has 0 aliphatic heterocycles. The van der Waals surface area contributed by atoms with E-state index in [0.29, 0.717) is 11.4 Å². The molecule has 2 aromatic heterocycles. The number of esters is 1. The van der Waals surface area contributed by atoms with Gasteiger partial charge in [-0.2, -0.15) is 5.10 Å². The minimum atomic E-state index is -0.405. The monoisotopic (exact) mass is 281 g/mol. The van der Waals surface area contributed by atoms with Crippen LogP contribution in [0.5, 0.6) is 0 Å². The van der Waals surface area contributed by atoms with Crippen LogP contribution in [0, 0.1) is 6.92 Å². The normalized spacial score (nSPS) is 10.6. The summed E-state index contributed by atoms with van der Waals surface area (Å²) in [5, 5.41) is 4.35. The Morgan fingerprint density at radius 1 is 1.19 bits per heavy atom. The third-order valence-corrected chi connectivity index (χ3v) is 3.24. The molecule has 3 rings (SSSR count). The molecular formula is C16H15N3O2. The zero-order valence-corrected chi connectivity index (χ0v) is 11.9. The highest BCUT2D eigenvalue weighted by molar-refractivity contribution is 5.92. The van der Waals surface area contributed by atoms with Crippen LogP contribution in [0.3, 0.4) is 0 Å². The van der Waals surface area contributed by atoms with E-state index in [4.69, 9.17) is 4.74 Å². The van der Waals surface area contributed by atoms with Gasteiger partial charge in [0, 0.05) is 12.4 Å². The maximum absolute atomic E-state index is 12.0. The van der Waals surface area contributed by atoms with Crippen LogP contribution in [0.15, 0.2) is 55.0 Å². The summed E-state index contributed by atoms with van der Waals surface area (Å²) in [7, 11) is 1.37. The van der Waals surface area contributed by atoms with Crippen molar-refractivity contribution in [2.45, 2.75) is 6.92 Å². The van der Waals surface area contributed by atoms with E-state index < -0.39 is 5.97 Å². The molecule has 21 heavy (non-hydrogen) atoms. The highest BCUT2D eigenvalue weighted by Crippen LogP contribution is 2.21. The number of nitrogens with zero attached hydrogens (tertiary/aromatic N) is 3. The number of methoxy groups -OCH3 is 1. The number of ether oxygens (including phenoxy) is 1. The summed E-state index contributed by atoms with van der Waals surface area (Å²) in [4.78, 5) is 12.0. The highest BCUT2D eigenvalue weighted by atomic mass is 16.5. The van der Waals surface area contributed by atoms with Crippen molar-refractivity contribution in [2.24, 2.45) is 0 Å². The number of hydrogen-bond acceptors (Lipinski definition) is 3. The molecule has 0 aliphatic rings. The molecule has 0 fully saturated rings. The number of carbonyl (C=O) groups excluding carboxylic acids is 1. The van der Waals surface area contributed by atoms with E-state index in [9.17, 15) is 4.79 Å². The van der Waals surface area contributed by atoms with E-state index in [2.05, 4.69) is 5.10 Å². The smallest absolute Gasteiger partial charge is 0.343 e. The quantitative estimate of drug-likeness (QED) is 0.694. The average molecular weight is 281 g/mol. The van der Waals surface area contributed by atoms with Gasteiger partial charge in [0.15, 0.2) is 5.82 Å². The lowest BCUT2D eigenvalue weighted by Crippen LogP contribution is -2.09. The first-order chi connectivity index (χ1) is 10.2. The number of carbonyl (C=O) groups is 1. The van der Waals surface area contributed by atoms with Crippen LogP contribution in [0.4, 0.5) is 0 Å². The molecular weight excluding hydrogens is 266 g/mol. The molecule has 0 spiro atoms. The van der Waals surface area contributed by atoms with Gasteiger partial charge in [-0.3, -0.25) is 0 Å². The Kier molecular flexibility index (Phi) is 3.31. The average Bonchev–Trinajstić information content (AvgIpc) is 3.15. The van der Waals surface area contributed by atoms with Crippen LogP contribution in [-0.2, 0) is 4.74 Å². The van der Waals surface area contributed by atoms with Gasteiger partial charge in [-0.25, -0.2) is 9.48 Å². The van der Waals surface area contributed by atoms with Crippen molar-refractivity contribution in [2.75, 3.05) is 7.11 Å². The first kappa shape index (κ1) is 13.2. The van der Waals surface area contributed by atoms with Crippen LogP contribution in [0.2, 0.25) is 0 Å². The van der Waals surface area contributed by atoms with E-state index >= 15 is 0 Å². The number of hydrogen-bond donors (Lipinski definition) is 0. The van der Waals surface area contributed by atoms with Crippen LogP contribution >= 0.6 is 0 Å². The molecule has 0 saturated heterocycles. The summed E-state index contributed by atoms with van der Waals surface area (Å²) in [6.07, 6.45) is 5.27. The van der Waals surface area contributed by atoms with Crippen molar-refractivity contribution in [1.29, 1.82) is 0 Å². The lowest BCUT2D eigenvalue weighted by atomic mass is 10.2. The van der Waals surface area contributed by atoms with Crippen molar-refractivity contribution >= 4 is 5.97 Å². The summed E-state index contributed by atoms with van der Waals surface area (Å²) in [5.74, 6) is 0.259. The third-order valence-electron chi connectivity index (χ3n) is 3.24. The fourth-order valence-corrected chi connectivity index (χ4v) is 2.27. The predicted octanol–water partition coefficient (Wildman–Crippen LogP) is 2.76. The van der Waals surface area contributed by atoms with E-state index in [1.807, 2.05) is 60.3 Å². The molecule has 0 aliphatic carbocycles. The lowest BCUT2D eigenvalue weighted by Gasteiger charge is -2.10. The maximum atomic E-state index is 12.0. The summed E-state index contributed by atoms with van der Waals surface area (Å²) >= 11 is 0. The van der Waals surface area contributed by atoms with Crippen LogP contribution in [-0.4, -0.2) is 27.4 Å². The minimum absolute atomic E-state index is 0.405. The van der Waals surface area contributed by atoms with Gasteiger partial charge in [0.05, 0.1) is 19.0 Å². The molecule has 0 radical (unpaired) electrons. The zero-order chi connectivity index (χ0) is 14.8. The Labute approximate surface area is 122 Å². The first-order valence-electron chi connectivity index (χ1n) is 6.57. The molecule has 2 heterocycles. The standard InChI is InChI=1S/C16H15N3O2/c1-12-6-5-7-13(10-12)19-15(18-8-3-4-9-18)14(11-17-19)16(20)21-2/h3-11H,1-2H3. The maximum Gasteiger partial charge on any atom is 0.343 e. The van der Waals surface area contributed by atoms with E-state index in [0.717, 1.165) is 11.3 Å². The molecule has 0 amide bonds. The van der Waals surface area contributed by atoms with Crippen molar-refractivity contribution in [3.8, 4) is 11.5 Å². The third kappa shape index (κ3) is 2.33. The van der Waals surface area contributed by atoms with E-state index in [-0.39, 0.29) is 0 Å². The predicted molar refractivity (Wildman–Crippen MR) is 79.0 cm³/mol. The highest BCUT2D eigenvalue weighted by Gasteiger charge is 2.20. The molecule has 5 heteroatoms. The molecule has 5 nitrogen and oxygen atoms in total. The summed E-state index contributed by atoms with van der Waals surface area (Å²) in [6, 6.07) is 11.7. The number of rotatable bonds is 3. The second kappa shape index (κ2) is 5.28.